The molecular weight excluding hydrogens is 276 g/mol. The molecule has 106 valence electrons. The summed E-state index contributed by atoms with van der Waals surface area (Å²) in [5, 5.41) is 2.67. The smallest absolute Gasteiger partial charge is 0.257 e. The average Bonchev–Trinajstić information content (AvgIpc) is 2.43. The number of nitrogens with one attached hydrogen (secondary N) is 1. The van der Waals surface area contributed by atoms with Gasteiger partial charge in [0.25, 0.3) is 5.91 Å². The molecular formula is C14H16N2O3S. The number of rotatable bonds is 5. The minimum Gasteiger partial charge on any atom is -0.342 e. The largest absolute Gasteiger partial charge is 0.342 e. The Morgan fingerprint density at radius 3 is 2.55 bits per heavy atom. The number of β-lactam (4-membered cyclic amide) rings is 1. The Balaban J connectivity index is 1.93. The maximum Gasteiger partial charge on any atom is 0.257 e. The molecule has 1 aliphatic heterocycles. The first-order chi connectivity index (χ1) is 9.49. The van der Waals surface area contributed by atoms with Crippen molar-refractivity contribution in [2.75, 3.05) is 0 Å². The van der Waals surface area contributed by atoms with Crippen LogP contribution >= 0.6 is 12.8 Å². The summed E-state index contributed by atoms with van der Waals surface area (Å²) in [4.78, 5) is 34.7. The van der Waals surface area contributed by atoms with Crippen molar-refractivity contribution >= 4 is 30.4 Å². The van der Waals surface area contributed by atoms with E-state index in [4.69, 9.17) is 0 Å². The number of ketones is 1. The molecule has 1 fully saturated rings. The number of thiol groups is 1. The Morgan fingerprint density at radius 2 is 1.95 bits per heavy atom. The number of carbonyl (C=O) groups is 3. The number of nitrogens with zero attached hydrogens (tertiary/aromatic N) is 1. The number of Topliss-reactive ketones (excluding diaryl/α,β-unsaturated/α-hetero) is 1. The van der Waals surface area contributed by atoms with Crippen LogP contribution in [0.15, 0.2) is 30.3 Å². The molecule has 1 aromatic carbocycles. The molecule has 2 unspecified atom stereocenters. The van der Waals surface area contributed by atoms with Crippen LogP contribution in [0.2, 0.25) is 0 Å². The molecule has 0 aliphatic carbocycles. The van der Waals surface area contributed by atoms with Crippen molar-refractivity contribution in [3.63, 3.8) is 0 Å². The van der Waals surface area contributed by atoms with Gasteiger partial charge in [-0.25, -0.2) is 0 Å². The molecule has 6 heteroatoms. The van der Waals surface area contributed by atoms with Gasteiger partial charge < -0.3 is 5.32 Å². The quantitative estimate of drug-likeness (QED) is 0.621. The van der Waals surface area contributed by atoms with Crippen LogP contribution in [-0.4, -0.2) is 34.0 Å². The molecule has 20 heavy (non-hydrogen) atoms. The fraction of sp³-hybridized carbons (Fsp3) is 0.357. The van der Waals surface area contributed by atoms with Crippen molar-refractivity contribution in [2.24, 2.45) is 0 Å². The molecule has 1 aliphatic rings. The first-order valence-corrected chi connectivity index (χ1v) is 6.73. The Morgan fingerprint density at radius 1 is 1.30 bits per heavy atom. The second-order valence-corrected chi connectivity index (χ2v) is 5.29. The van der Waals surface area contributed by atoms with Crippen molar-refractivity contribution in [2.45, 2.75) is 31.8 Å². The zero-order chi connectivity index (χ0) is 14.7. The molecule has 1 saturated heterocycles. The molecule has 5 nitrogen and oxygen atoms in total. The standard InChI is InChI=1S/C14H16N2O3S/c1-9(17)7-11-13(14(19)16(11)20)15-12(18)8-10-5-3-2-4-6-10/h2-6,11,13,20H,7-8H2,1H3,(H,15,18). The van der Waals surface area contributed by atoms with Crippen LogP contribution < -0.4 is 5.32 Å². The molecule has 0 spiro atoms. The van der Waals surface area contributed by atoms with Crippen LogP contribution in [-0.2, 0) is 20.8 Å². The minimum absolute atomic E-state index is 0.0381. The van der Waals surface area contributed by atoms with Crippen LogP contribution in [0.3, 0.4) is 0 Å². The first kappa shape index (κ1) is 14.6. The highest BCUT2D eigenvalue weighted by Crippen LogP contribution is 2.25. The fourth-order valence-corrected chi connectivity index (χ4v) is 2.53. The van der Waals surface area contributed by atoms with Crippen molar-refractivity contribution < 1.29 is 14.4 Å². The van der Waals surface area contributed by atoms with Gasteiger partial charge in [-0.3, -0.25) is 18.7 Å². The highest BCUT2D eigenvalue weighted by molar-refractivity contribution is 7.78. The van der Waals surface area contributed by atoms with Crippen molar-refractivity contribution in [3.05, 3.63) is 35.9 Å². The highest BCUT2D eigenvalue weighted by atomic mass is 32.1. The lowest BCUT2D eigenvalue weighted by Crippen LogP contribution is -2.67. The molecule has 2 amide bonds. The topological polar surface area (TPSA) is 66.5 Å². The van der Waals surface area contributed by atoms with E-state index in [1.54, 1.807) is 0 Å². The summed E-state index contributed by atoms with van der Waals surface area (Å²) < 4.78 is 1.20. The molecule has 0 radical (unpaired) electrons. The fourth-order valence-electron chi connectivity index (χ4n) is 2.19. The normalized spacial score (nSPS) is 21.3. The second-order valence-electron chi connectivity index (χ2n) is 4.86. The molecule has 2 rings (SSSR count). The van der Waals surface area contributed by atoms with E-state index in [1.165, 1.54) is 11.2 Å². The Hall–Kier alpha value is -1.82. The first-order valence-electron chi connectivity index (χ1n) is 6.33. The number of carbonyl (C=O) groups excluding carboxylic acids is 3. The van der Waals surface area contributed by atoms with Gasteiger partial charge in [-0.1, -0.05) is 43.1 Å². The van der Waals surface area contributed by atoms with Crippen LogP contribution in [0.5, 0.6) is 0 Å². The summed E-state index contributed by atoms with van der Waals surface area (Å²) >= 11 is 4.01. The Bertz CT molecular complexity index is 532. The van der Waals surface area contributed by atoms with E-state index < -0.39 is 6.04 Å². The summed E-state index contributed by atoms with van der Waals surface area (Å²) in [5.74, 6) is -0.547. The monoisotopic (exact) mass is 292 g/mol. The third kappa shape index (κ3) is 3.19. The lowest BCUT2D eigenvalue weighted by atomic mass is 9.93. The Labute approximate surface area is 122 Å². The summed E-state index contributed by atoms with van der Waals surface area (Å²) in [6.45, 7) is 1.45. The number of benzene rings is 1. The average molecular weight is 292 g/mol. The van der Waals surface area contributed by atoms with Gasteiger partial charge in [0.1, 0.15) is 11.8 Å². The summed E-state index contributed by atoms with van der Waals surface area (Å²) in [5.41, 5.74) is 0.877. The van der Waals surface area contributed by atoms with E-state index in [0.29, 0.717) is 0 Å². The van der Waals surface area contributed by atoms with Gasteiger partial charge in [0.15, 0.2) is 0 Å². The Kier molecular flexibility index (Phi) is 4.44. The van der Waals surface area contributed by atoms with E-state index in [-0.39, 0.29) is 36.5 Å². The van der Waals surface area contributed by atoms with Crippen LogP contribution in [0.4, 0.5) is 0 Å². The van der Waals surface area contributed by atoms with Crippen LogP contribution in [0.25, 0.3) is 0 Å². The SMILES string of the molecule is CC(=O)CC1C(NC(=O)Cc2ccccc2)C(=O)N1S. The highest BCUT2D eigenvalue weighted by Gasteiger charge is 2.47. The van der Waals surface area contributed by atoms with E-state index >= 15 is 0 Å². The van der Waals surface area contributed by atoms with Gasteiger partial charge in [0.05, 0.1) is 12.5 Å². The van der Waals surface area contributed by atoms with Gasteiger partial charge in [-0.2, -0.15) is 0 Å². The third-order valence-corrected chi connectivity index (χ3v) is 3.71. The second kappa shape index (κ2) is 6.09. The molecule has 1 N–H and O–H groups in total. The predicted molar refractivity (Wildman–Crippen MR) is 77.0 cm³/mol. The number of amides is 2. The summed E-state index contributed by atoms with van der Waals surface area (Å²) in [7, 11) is 0. The van der Waals surface area contributed by atoms with E-state index in [1.807, 2.05) is 30.3 Å². The zero-order valence-electron chi connectivity index (χ0n) is 11.1. The lowest BCUT2D eigenvalue weighted by molar-refractivity contribution is -0.145. The lowest BCUT2D eigenvalue weighted by Gasteiger charge is -2.43. The van der Waals surface area contributed by atoms with Crippen molar-refractivity contribution in [1.29, 1.82) is 0 Å². The summed E-state index contributed by atoms with van der Waals surface area (Å²) in [6, 6.07) is 8.27. The molecule has 0 bridgehead atoms. The van der Waals surface area contributed by atoms with Crippen LogP contribution in [0.1, 0.15) is 18.9 Å². The number of hydrogen-bond acceptors (Lipinski definition) is 4. The van der Waals surface area contributed by atoms with Gasteiger partial charge in [0.2, 0.25) is 5.91 Å². The van der Waals surface area contributed by atoms with Gasteiger partial charge in [-0.05, 0) is 12.5 Å². The van der Waals surface area contributed by atoms with E-state index in [0.717, 1.165) is 5.56 Å². The van der Waals surface area contributed by atoms with Gasteiger partial charge in [0, 0.05) is 6.42 Å². The molecule has 0 aromatic heterocycles. The van der Waals surface area contributed by atoms with Gasteiger partial charge in [-0.15, -0.1) is 0 Å². The summed E-state index contributed by atoms with van der Waals surface area (Å²) in [6.07, 6.45) is 0.412. The van der Waals surface area contributed by atoms with Gasteiger partial charge >= 0.3 is 0 Å². The molecule has 1 heterocycles. The zero-order valence-corrected chi connectivity index (χ0v) is 12.0. The third-order valence-electron chi connectivity index (χ3n) is 3.21. The maximum absolute atomic E-state index is 11.9. The van der Waals surface area contributed by atoms with E-state index in [2.05, 4.69) is 18.1 Å². The molecule has 2 atom stereocenters. The van der Waals surface area contributed by atoms with Crippen LogP contribution in [0, 0.1) is 0 Å². The van der Waals surface area contributed by atoms with Crippen molar-refractivity contribution in [1.82, 2.24) is 9.62 Å². The maximum atomic E-state index is 11.9. The molecule has 1 aromatic rings. The number of hydrogen-bond donors (Lipinski definition) is 2. The minimum atomic E-state index is -0.646. The molecule has 0 saturated carbocycles. The van der Waals surface area contributed by atoms with Crippen molar-refractivity contribution in [3.8, 4) is 0 Å². The van der Waals surface area contributed by atoms with E-state index in [9.17, 15) is 14.4 Å². The predicted octanol–water partition coefficient (Wildman–Crippen LogP) is 0.749.